The average Bonchev–Trinajstić information content (AvgIpc) is 1.67. The molecule has 0 aromatic carbocycles. The van der Waals surface area contributed by atoms with Gasteiger partial charge in [-0.05, 0) is 0 Å². The van der Waals surface area contributed by atoms with E-state index in [-0.39, 0.29) is 6.42 Å². The van der Waals surface area contributed by atoms with Gasteiger partial charge in [0.2, 0.25) is 0 Å². The Balaban J connectivity index is 3.46. The summed E-state index contributed by atoms with van der Waals surface area (Å²) in [5, 5.41) is 8.03. The average molecular weight is 117 g/mol. The summed E-state index contributed by atoms with van der Waals surface area (Å²) in [4.78, 5) is 19.4. The molecule has 4 heteroatoms. The van der Waals surface area contributed by atoms with Crippen LogP contribution in [0.3, 0.4) is 0 Å². The summed E-state index contributed by atoms with van der Waals surface area (Å²) >= 11 is 0. The third-order valence-corrected chi connectivity index (χ3v) is 0.667. The van der Waals surface area contributed by atoms with Crippen LogP contribution in [0.15, 0.2) is 0 Å². The Bertz CT molecular complexity index is 101. The van der Waals surface area contributed by atoms with E-state index in [0.717, 1.165) is 0 Å². The molecule has 0 heterocycles. The Hall–Kier alpha value is -0.900. The molecule has 0 bridgehead atoms. The van der Waals surface area contributed by atoms with E-state index in [2.05, 4.69) is 0 Å². The minimum Gasteiger partial charge on any atom is -0.480 e. The molecule has 0 aliphatic carbocycles. The molecule has 0 aliphatic heterocycles. The van der Waals surface area contributed by atoms with Gasteiger partial charge in [-0.3, -0.25) is 4.79 Å². The quantitative estimate of drug-likeness (QED) is 0.464. The summed E-state index contributed by atoms with van der Waals surface area (Å²) < 4.78 is 0. The molecule has 0 unspecified atom stereocenters. The predicted octanol–water partition coefficient (Wildman–Crippen LogP) is -1.01. The predicted molar refractivity (Wildman–Crippen MR) is 26.3 cm³/mol. The fourth-order valence-electron chi connectivity index (χ4n) is 0.204. The molecule has 0 spiro atoms. The number of carbonyl (C=O) groups excluding carboxylic acids is 1. The van der Waals surface area contributed by atoms with Crippen molar-refractivity contribution in [3.8, 4) is 0 Å². The van der Waals surface area contributed by atoms with Crippen LogP contribution in [0.5, 0.6) is 0 Å². The molecule has 8 heavy (non-hydrogen) atoms. The highest BCUT2D eigenvalue weighted by Gasteiger charge is 2.08. The van der Waals surface area contributed by atoms with Crippen LogP contribution in [0.1, 0.15) is 6.42 Å². The van der Waals surface area contributed by atoms with E-state index in [1.807, 2.05) is 0 Å². The van der Waals surface area contributed by atoms with Gasteiger partial charge in [-0.1, -0.05) is 0 Å². The van der Waals surface area contributed by atoms with E-state index < -0.39 is 12.0 Å². The van der Waals surface area contributed by atoms with Crippen LogP contribution < -0.4 is 5.73 Å². The third kappa shape index (κ3) is 2.30. The highest BCUT2D eigenvalue weighted by atomic mass is 16.4. The second-order valence-electron chi connectivity index (χ2n) is 1.35. The summed E-state index contributed by atoms with van der Waals surface area (Å²) in [6, 6.07) is -1.03. The molecule has 0 radical (unpaired) electrons. The molecule has 0 saturated heterocycles. The molecule has 46 valence electrons. The van der Waals surface area contributed by atoms with Crippen LogP contribution in [-0.4, -0.2) is 23.4 Å². The third-order valence-electron chi connectivity index (χ3n) is 0.667. The topological polar surface area (TPSA) is 80.4 Å². The van der Waals surface area contributed by atoms with Gasteiger partial charge < -0.3 is 15.6 Å². The van der Waals surface area contributed by atoms with Crippen LogP contribution in [0.4, 0.5) is 0 Å². The highest BCUT2D eigenvalue weighted by Crippen LogP contribution is 1.80. The van der Waals surface area contributed by atoms with E-state index >= 15 is 0 Å². The van der Waals surface area contributed by atoms with E-state index in [0.29, 0.717) is 6.29 Å². The summed E-state index contributed by atoms with van der Waals surface area (Å²) in [5.41, 5.74) is 4.90. The summed E-state index contributed by atoms with van der Waals surface area (Å²) in [6.45, 7) is 0. The Kier molecular flexibility index (Phi) is 2.79. The van der Waals surface area contributed by atoms with Crippen molar-refractivity contribution in [1.82, 2.24) is 0 Å². The fourth-order valence-corrected chi connectivity index (χ4v) is 0.204. The molecule has 0 aromatic rings. The molecule has 0 fully saturated rings. The number of aldehydes is 1. The maximum absolute atomic E-state index is 9.81. The molecule has 0 aliphatic rings. The van der Waals surface area contributed by atoms with Crippen molar-refractivity contribution >= 4 is 12.3 Å². The lowest BCUT2D eigenvalue weighted by atomic mass is 10.2. The van der Waals surface area contributed by atoms with Gasteiger partial charge in [0.25, 0.3) is 0 Å². The monoisotopic (exact) mass is 117 g/mol. The van der Waals surface area contributed by atoms with Crippen molar-refractivity contribution in [3.05, 3.63) is 0 Å². The number of hydrogen-bond donors (Lipinski definition) is 2. The van der Waals surface area contributed by atoms with Gasteiger partial charge in [-0.15, -0.1) is 0 Å². The van der Waals surface area contributed by atoms with Gasteiger partial charge in [0.15, 0.2) is 0 Å². The minimum absolute atomic E-state index is 0.116. The van der Waals surface area contributed by atoms with Crippen molar-refractivity contribution in [3.63, 3.8) is 0 Å². The van der Waals surface area contributed by atoms with Crippen molar-refractivity contribution in [1.29, 1.82) is 0 Å². The number of aliphatic carboxylic acids is 1. The van der Waals surface area contributed by atoms with Gasteiger partial charge >= 0.3 is 5.97 Å². The van der Waals surface area contributed by atoms with Gasteiger partial charge in [0.1, 0.15) is 12.3 Å². The molecule has 0 rings (SSSR count). The van der Waals surface area contributed by atoms with Crippen molar-refractivity contribution in [2.24, 2.45) is 5.73 Å². The first kappa shape index (κ1) is 7.10. The van der Waals surface area contributed by atoms with Crippen LogP contribution in [0, 0.1) is 0 Å². The van der Waals surface area contributed by atoms with Gasteiger partial charge in [0.05, 0.1) is 0 Å². The molecular formula is C4H7NO3. The normalized spacial score (nSPS) is 12.6. The van der Waals surface area contributed by atoms with Crippen LogP contribution >= 0.6 is 0 Å². The molecular weight excluding hydrogens is 110 g/mol. The van der Waals surface area contributed by atoms with Crippen molar-refractivity contribution in [2.75, 3.05) is 0 Å². The summed E-state index contributed by atoms with van der Waals surface area (Å²) in [6.07, 6.45) is 0.369. The minimum atomic E-state index is -1.14. The highest BCUT2D eigenvalue weighted by molar-refractivity contribution is 5.76. The molecule has 0 aromatic heterocycles. The largest absolute Gasteiger partial charge is 0.480 e. The molecule has 0 amide bonds. The van der Waals surface area contributed by atoms with E-state index in [1.165, 1.54) is 0 Å². The first-order valence-electron chi connectivity index (χ1n) is 2.10. The summed E-state index contributed by atoms with van der Waals surface area (Å²) in [5.74, 6) is -1.14. The zero-order valence-corrected chi connectivity index (χ0v) is 4.20. The van der Waals surface area contributed by atoms with Crippen LogP contribution in [-0.2, 0) is 9.59 Å². The molecule has 3 N–H and O–H groups in total. The zero-order chi connectivity index (χ0) is 6.57. The van der Waals surface area contributed by atoms with Crippen LogP contribution in [0.2, 0.25) is 0 Å². The lowest BCUT2D eigenvalue weighted by Gasteiger charge is -1.96. The number of carbonyl (C=O) groups is 2. The zero-order valence-electron chi connectivity index (χ0n) is 4.20. The second-order valence-corrected chi connectivity index (χ2v) is 1.35. The van der Waals surface area contributed by atoms with Gasteiger partial charge in [0, 0.05) is 6.42 Å². The Morgan fingerprint density at radius 3 is 2.50 bits per heavy atom. The SMILES string of the molecule is N[C@@H](CC=O)C(=O)O. The maximum Gasteiger partial charge on any atom is 0.320 e. The maximum atomic E-state index is 9.81. The van der Waals surface area contributed by atoms with E-state index in [1.54, 1.807) is 0 Å². The second kappa shape index (κ2) is 3.15. The smallest absolute Gasteiger partial charge is 0.320 e. The van der Waals surface area contributed by atoms with Gasteiger partial charge in [-0.2, -0.15) is 0 Å². The molecule has 4 nitrogen and oxygen atoms in total. The first-order chi connectivity index (χ1) is 3.68. The lowest BCUT2D eigenvalue weighted by molar-refractivity contribution is -0.139. The van der Waals surface area contributed by atoms with E-state index in [4.69, 9.17) is 10.8 Å². The standard InChI is InChI=1S/C4H7NO3/c5-3(1-2-6)4(7)8/h2-3H,1,5H2,(H,7,8)/t3-/m0/s1. The first-order valence-corrected chi connectivity index (χ1v) is 2.10. The Labute approximate surface area is 46.3 Å². The fraction of sp³-hybridized carbons (Fsp3) is 0.500. The lowest BCUT2D eigenvalue weighted by Crippen LogP contribution is -2.30. The Morgan fingerprint density at radius 1 is 1.88 bits per heavy atom. The molecule has 0 saturated carbocycles. The summed E-state index contributed by atoms with van der Waals surface area (Å²) in [7, 11) is 0. The van der Waals surface area contributed by atoms with Crippen molar-refractivity contribution < 1.29 is 14.7 Å². The number of carboxylic acid groups (broad SMARTS) is 1. The van der Waals surface area contributed by atoms with Crippen molar-refractivity contribution in [2.45, 2.75) is 12.5 Å². The Morgan fingerprint density at radius 2 is 2.38 bits per heavy atom. The number of hydrogen-bond acceptors (Lipinski definition) is 3. The van der Waals surface area contributed by atoms with Crippen LogP contribution in [0.25, 0.3) is 0 Å². The molecule has 1 atom stereocenters. The number of rotatable bonds is 3. The number of carboxylic acids is 1. The number of nitrogens with two attached hydrogens (primary N) is 1. The van der Waals surface area contributed by atoms with E-state index in [9.17, 15) is 9.59 Å². The van der Waals surface area contributed by atoms with Gasteiger partial charge in [-0.25, -0.2) is 0 Å².